The van der Waals surface area contributed by atoms with Gasteiger partial charge in [-0.3, -0.25) is 4.79 Å². The molecule has 30 heavy (non-hydrogen) atoms. The van der Waals surface area contributed by atoms with Gasteiger partial charge in [0.15, 0.2) is 6.61 Å². The molecule has 0 aliphatic heterocycles. The molecule has 0 aliphatic carbocycles. The van der Waals surface area contributed by atoms with Gasteiger partial charge in [-0.05, 0) is 35.7 Å². The lowest BCUT2D eigenvalue weighted by atomic mass is 10.1. The first-order valence-electron chi connectivity index (χ1n) is 9.47. The van der Waals surface area contributed by atoms with Crippen LogP contribution in [0, 0.1) is 0 Å². The van der Waals surface area contributed by atoms with Gasteiger partial charge in [-0.15, -0.1) is 0 Å². The third-order valence-electron chi connectivity index (χ3n) is 4.46. The van der Waals surface area contributed by atoms with Crippen molar-refractivity contribution in [3.63, 3.8) is 0 Å². The molecule has 0 saturated carbocycles. The van der Waals surface area contributed by atoms with Crippen molar-refractivity contribution < 1.29 is 19.1 Å². The third kappa shape index (κ3) is 4.64. The Labute approximate surface area is 173 Å². The molecule has 4 aromatic carbocycles. The van der Waals surface area contributed by atoms with Crippen LogP contribution in [-0.4, -0.2) is 18.5 Å². The van der Waals surface area contributed by atoms with Crippen LogP contribution in [0.2, 0.25) is 0 Å². The Morgan fingerprint density at radius 3 is 2.37 bits per heavy atom. The van der Waals surface area contributed by atoms with E-state index in [1.807, 2.05) is 42.5 Å². The summed E-state index contributed by atoms with van der Waals surface area (Å²) in [6, 6.07) is 29.0. The average molecular weight is 397 g/mol. The summed E-state index contributed by atoms with van der Waals surface area (Å²) >= 11 is 0. The number of nitrogens with one attached hydrogen (secondary N) is 1. The van der Waals surface area contributed by atoms with Gasteiger partial charge in [-0.2, -0.15) is 0 Å². The summed E-state index contributed by atoms with van der Waals surface area (Å²) in [6.07, 6.45) is 0. The van der Waals surface area contributed by atoms with Crippen molar-refractivity contribution in [1.29, 1.82) is 0 Å². The number of benzene rings is 4. The quantitative estimate of drug-likeness (QED) is 0.364. The maximum absolute atomic E-state index is 12.3. The molecule has 1 amide bonds. The minimum atomic E-state index is -0.509. The van der Waals surface area contributed by atoms with E-state index in [-0.39, 0.29) is 12.5 Å². The Hall–Kier alpha value is -4.12. The van der Waals surface area contributed by atoms with Gasteiger partial charge in [-0.25, -0.2) is 4.79 Å². The predicted molar refractivity (Wildman–Crippen MR) is 116 cm³/mol. The largest absolute Gasteiger partial charge is 0.482 e. The monoisotopic (exact) mass is 397 g/mol. The van der Waals surface area contributed by atoms with E-state index in [9.17, 15) is 9.59 Å². The summed E-state index contributed by atoms with van der Waals surface area (Å²) < 4.78 is 11.0. The first-order chi connectivity index (χ1) is 14.7. The molecule has 0 unspecified atom stereocenters. The smallest absolute Gasteiger partial charge is 0.349 e. The lowest BCUT2D eigenvalue weighted by molar-refractivity contribution is -0.136. The van der Waals surface area contributed by atoms with Crippen molar-refractivity contribution in [1.82, 2.24) is 0 Å². The summed E-state index contributed by atoms with van der Waals surface area (Å²) in [4.78, 5) is 24.5. The number of carbonyl (C=O) groups is 2. The first-order valence-corrected chi connectivity index (χ1v) is 9.47. The molecule has 0 aliphatic rings. The Kier molecular flexibility index (Phi) is 5.71. The number of rotatable bonds is 6. The second-order valence-corrected chi connectivity index (χ2v) is 6.59. The summed E-state index contributed by atoms with van der Waals surface area (Å²) in [5, 5.41) is 4.66. The number of hydrogen-bond donors (Lipinski definition) is 1. The van der Waals surface area contributed by atoms with Gasteiger partial charge in [0.2, 0.25) is 0 Å². The number of carbonyl (C=O) groups excluding carboxylic acids is 2. The lowest BCUT2D eigenvalue weighted by Crippen LogP contribution is -2.18. The molecule has 0 fully saturated rings. The van der Waals surface area contributed by atoms with Crippen LogP contribution in [0.5, 0.6) is 11.5 Å². The van der Waals surface area contributed by atoms with Crippen molar-refractivity contribution in [3.05, 3.63) is 103 Å². The highest BCUT2D eigenvalue weighted by atomic mass is 16.6. The van der Waals surface area contributed by atoms with Crippen LogP contribution in [0.25, 0.3) is 10.8 Å². The third-order valence-corrected chi connectivity index (χ3v) is 4.46. The molecule has 0 heterocycles. The molecule has 0 atom stereocenters. The Morgan fingerprint density at radius 2 is 1.50 bits per heavy atom. The van der Waals surface area contributed by atoms with Gasteiger partial charge in [0, 0.05) is 22.7 Å². The molecule has 0 saturated heterocycles. The average Bonchev–Trinajstić information content (AvgIpc) is 2.79. The van der Waals surface area contributed by atoms with E-state index in [4.69, 9.17) is 9.47 Å². The van der Waals surface area contributed by atoms with Crippen LogP contribution in [0.1, 0.15) is 10.4 Å². The van der Waals surface area contributed by atoms with Crippen LogP contribution in [0.3, 0.4) is 0 Å². The minimum Gasteiger partial charge on any atom is -0.482 e. The summed E-state index contributed by atoms with van der Waals surface area (Å²) in [6.45, 7) is -0.251. The van der Waals surface area contributed by atoms with E-state index < -0.39 is 5.97 Å². The molecule has 5 nitrogen and oxygen atoms in total. The molecule has 0 radical (unpaired) electrons. The number of ether oxygens (including phenoxy) is 2. The van der Waals surface area contributed by atoms with E-state index in [0.29, 0.717) is 22.7 Å². The highest BCUT2D eigenvalue weighted by Crippen LogP contribution is 2.25. The Bertz CT molecular complexity index is 1180. The molecular weight excluding hydrogens is 378 g/mol. The standard InChI is InChI=1S/C25H19NO4/c27-24(30-23-15-6-11-18-8-4-5-14-22(18)23)17-29-21-13-7-12-20(16-21)26-25(28)19-9-2-1-3-10-19/h1-16H,17H2,(H,26,28). The molecule has 0 spiro atoms. The van der Waals surface area contributed by atoms with E-state index in [2.05, 4.69) is 5.32 Å². The van der Waals surface area contributed by atoms with Crippen molar-refractivity contribution >= 4 is 28.3 Å². The van der Waals surface area contributed by atoms with Crippen molar-refractivity contribution in [3.8, 4) is 11.5 Å². The predicted octanol–water partition coefficient (Wildman–Crippen LogP) is 5.08. The van der Waals surface area contributed by atoms with Crippen LogP contribution < -0.4 is 14.8 Å². The Balaban J connectivity index is 1.37. The zero-order valence-corrected chi connectivity index (χ0v) is 16.1. The van der Waals surface area contributed by atoms with Crippen LogP contribution in [0.15, 0.2) is 97.1 Å². The second kappa shape index (κ2) is 8.92. The van der Waals surface area contributed by atoms with Crippen molar-refractivity contribution in [2.24, 2.45) is 0 Å². The maximum Gasteiger partial charge on any atom is 0.349 e. The van der Waals surface area contributed by atoms with Crippen molar-refractivity contribution in [2.45, 2.75) is 0 Å². The lowest BCUT2D eigenvalue weighted by Gasteiger charge is -2.10. The Morgan fingerprint density at radius 1 is 0.767 bits per heavy atom. The molecule has 4 rings (SSSR count). The first kappa shape index (κ1) is 19.2. The number of fused-ring (bicyclic) bond motifs is 1. The number of esters is 1. The van der Waals surface area contributed by atoms with Crippen LogP contribution >= 0.6 is 0 Å². The highest BCUT2D eigenvalue weighted by molar-refractivity contribution is 6.04. The molecule has 148 valence electrons. The highest BCUT2D eigenvalue weighted by Gasteiger charge is 2.10. The van der Waals surface area contributed by atoms with Gasteiger partial charge in [0.25, 0.3) is 5.91 Å². The topological polar surface area (TPSA) is 64.6 Å². The molecule has 0 aromatic heterocycles. The van der Waals surface area contributed by atoms with Gasteiger partial charge in [0.1, 0.15) is 11.5 Å². The van der Waals surface area contributed by atoms with E-state index in [1.54, 1.807) is 54.6 Å². The second-order valence-electron chi connectivity index (χ2n) is 6.59. The van der Waals surface area contributed by atoms with Crippen molar-refractivity contribution in [2.75, 3.05) is 11.9 Å². The zero-order valence-electron chi connectivity index (χ0n) is 16.1. The molecular formula is C25H19NO4. The fraction of sp³-hybridized carbons (Fsp3) is 0.0400. The van der Waals surface area contributed by atoms with Gasteiger partial charge in [-0.1, -0.05) is 60.7 Å². The van der Waals surface area contributed by atoms with Crippen LogP contribution in [0.4, 0.5) is 5.69 Å². The summed E-state index contributed by atoms with van der Waals surface area (Å²) in [7, 11) is 0. The van der Waals surface area contributed by atoms with E-state index in [1.165, 1.54) is 0 Å². The van der Waals surface area contributed by atoms with E-state index in [0.717, 1.165) is 10.8 Å². The minimum absolute atomic E-state index is 0.219. The zero-order chi connectivity index (χ0) is 20.8. The van der Waals surface area contributed by atoms with E-state index >= 15 is 0 Å². The van der Waals surface area contributed by atoms with Gasteiger partial charge >= 0.3 is 5.97 Å². The molecule has 4 aromatic rings. The fourth-order valence-corrected chi connectivity index (χ4v) is 3.04. The van der Waals surface area contributed by atoms with Gasteiger partial charge in [0.05, 0.1) is 0 Å². The van der Waals surface area contributed by atoms with Gasteiger partial charge < -0.3 is 14.8 Å². The number of amides is 1. The molecule has 0 bridgehead atoms. The number of hydrogen-bond acceptors (Lipinski definition) is 4. The van der Waals surface area contributed by atoms with Crippen LogP contribution in [-0.2, 0) is 4.79 Å². The molecule has 1 N–H and O–H groups in total. The number of anilines is 1. The fourth-order valence-electron chi connectivity index (χ4n) is 3.04. The molecule has 5 heteroatoms. The summed E-state index contributed by atoms with van der Waals surface area (Å²) in [5.41, 5.74) is 1.13. The SMILES string of the molecule is O=C(COc1cccc(NC(=O)c2ccccc2)c1)Oc1cccc2ccccc12. The maximum atomic E-state index is 12.3. The normalized spacial score (nSPS) is 10.4. The summed E-state index contributed by atoms with van der Waals surface area (Å²) in [5.74, 6) is 0.217.